The second kappa shape index (κ2) is 4.94. The highest BCUT2D eigenvalue weighted by molar-refractivity contribution is 9.10. The topological polar surface area (TPSA) is 59.1 Å². The molecule has 1 aromatic heterocycles. The molecule has 0 aliphatic rings. The first-order valence-electron chi connectivity index (χ1n) is 5.23. The third kappa shape index (κ3) is 5.04. The van der Waals surface area contributed by atoms with Crippen molar-refractivity contribution in [3.63, 3.8) is 0 Å². The van der Waals surface area contributed by atoms with Crippen LogP contribution in [0.3, 0.4) is 0 Å². The maximum atomic E-state index is 11.9. The normalized spacial score (nSPS) is 12.5. The van der Waals surface area contributed by atoms with Crippen molar-refractivity contribution in [1.82, 2.24) is 4.98 Å². The Morgan fingerprint density at radius 3 is 2.41 bits per heavy atom. The predicted molar refractivity (Wildman–Crippen MR) is 73.5 cm³/mol. The molecule has 0 atom stereocenters. The molecule has 0 fully saturated rings. The Morgan fingerprint density at radius 1 is 1.35 bits per heavy atom. The largest absolute Gasteiger partial charge is 0.282 e. The van der Waals surface area contributed by atoms with Crippen molar-refractivity contribution < 1.29 is 8.42 Å². The average molecular weight is 321 g/mol. The molecule has 0 aromatic carbocycles. The van der Waals surface area contributed by atoms with E-state index in [1.54, 1.807) is 19.1 Å². The van der Waals surface area contributed by atoms with Gasteiger partial charge in [0.25, 0.3) is 0 Å². The molecular formula is C11H17BrN2O2S. The van der Waals surface area contributed by atoms with Gasteiger partial charge in [-0.3, -0.25) is 4.72 Å². The summed E-state index contributed by atoms with van der Waals surface area (Å²) in [5, 5.41) is 0. The van der Waals surface area contributed by atoms with Gasteiger partial charge >= 0.3 is 0 Å². The number of aryl methyl sites for hydroxylation is 1. The molecule has 0 aliphatic heterocycles. The number of aromatic nitrogens is 1. The number of pyridine rings is 1. The summed E-state index contributed by atoms with van der Waals surface area (Å²) in [5.41, 5.74) is 0.900. The lowest BCUT2D eigenvalue weighted by Crippen LogP contribution is -2.26. The molecule has 96 valence electrons. The molecule has 0 unspecified atom stereocenters. The van der Waals surface area contributed by atoms with Crippen LogP contribution in [0.15, 0.2) is 16.7 Å². The Morgan fingerprint density at radius 2 is 1.94 bits per heavy atom. The van der Waals surface area contributed by atoms with E-state index in [9.17, 15) is 8.42 Å². The first-order valence-corrected chi connectivity index (χ1v) is 7.67. The average Bonchev–Trinajstić information content (AvgIpc) is 2.05. The van der Waals surface area contributed by atoms with Crippen LogP contribution < -0.4 is 4.72 Å². The van der Waals surface area contributed by atoms with Gasteiger partial charge in [0, 0.05) is 0 Å². The molecule has 1 N–H and O–H groups in total. The van der Waals surface area contributed by atoms with Crippen molar-refractivity contribution in [3.8, 4) is 0 Å². The van der Waals surface area contributed by atoms with Crippen LogP contribution in [-0.2, 0) is 10.0 Å². The Hall–Kier alpha value is -0.620. The molecule has 0 saturated heterocycles. The van der Waals surface area contributed by atoms with Crippen LogP contribution in [0, 0.1) is 12.3 Å². The standard InChI is InChI=1S/C11H17BrN2O2S/c1-8-9(5-6-10(12)13-8)14-17(15,16)7-11(2,3)4/h5-6,14H,7H2,1-4H3. The minimum Gasteiger partial charge on any atom is -0.282 e. The van der Waals surface area contributed by atoms with E-state index in [-0.39, 0.29) is 11.2 Å². The summed E-state index contributed by atoms with van der Waals surface area (Å²) in [6, 6.07) is 3.41. The number of nitrogens with one attached hydrogen (secondary N) is 1. The van der Waals surface area contributed by atoms with Crippen molar-refractivity contribution in [2.24, 2.45) is 5.41 Å². The minimum atomic E-state index is -3.33. The van der Waals surface area contributed by atoms with Gasteiger partial charge in [0.15, 0.2) is 0 Å². The molecule has 0 saturated carbocycles. The number of hydrogen-bond acceptors (Lipinski definition) is 3. The summed E-state index contributed by atoms with van der Waals surface area (Å²) in [6.07, 6.45) is 0. The van der Waals surface area contributed by atoms with Crippen LogP contribution in [0.2, 0.25) is 0 Å². The molecule has 4 nitrogen and oxygen atoms in total. The number of sulfonamides is 1. The van der Waals surface area contributed by atoms with E-state index >= 15 is 0 Å². The van der Waals surface area contributed by atoms with Crippen LogP contribution in [0.4, 0.5) is 5.69 Å². The zero-order chi connectivity index (χ0) is 13.3. The Balaban J connectivity index is 2.91. The van der Waals surface area contributed by atoms with E-state index in [2.05, 4.69) is 25.6 Å². The van der Waals surface area contributed by atoms with E-state index in [0.717, 1.165) is 0 Å². The Bertz CT molecular complexity index is 507. The van der Waals surface area contributed by atoms with E-state index in [1.165, 1.54) is 0 Å². The van der Waals surface area contributed by atoms with Gasteiger partial charge in [0.05, 0.1) is 17.1 Å². The van der Waals surface area contributed by atoms with Crippen LogP contribution in [0.5, 0.6) is 0 Å². The summed E-state index contributed by atoms with van der Waals surface area (Å²) >= 11 is 3.24. The van der Waals surface area contributed by atoms with Crippen molar-refractivity contribution in [3.05, 3.63) is 22.4 Å². The highest BCUT2D eigenvalue weighted by atomic mass is 79.9. The third-order valence-electron chi connectivity index (χ3n) is 1.94. The molecule has 1 aromatic rings. The fourth-order valence-corrected chi connectivity index (χ4v) is 3.57. The van der Waals surface area contributed by atoms with Gasteiger partial charge in [-0.15, -0.1) is 0 Å². The third-order valence-corrected chi connectivity index (χ3v) is 4.16. The summed E-state index contributed by atoms with van der Waals surface area (Å²) < 4.78 is 27.1. The van der Waals surface area contributed by atoms with Crippen molar-refractivity contribution in [2.45, 2.75) is 27.7 Å². The summed E-state index contributed by atoms with van der Waals surface area (Å²) in [6.45, 7) is 7.43. The lowest BCUT2D eigenvalue weighted by atomic mass is 10.0. The van der Waals surface area contributed by atoms with Gasteiger partial charge in [0.2, 0.25) is 10.0 Å². The molecule has 0 radical (unpaired) electrons. The van der Waals surface area contributed by atoms with Crippen LogP contribution in [-0.4, -0.2) is 19.2 Å². The number of hydrogen-bond donors (Lipinski definition) is 1. The molecule has 0 bridgehead atoms. The van der Waals surface area contributed by atoms with Crippen molar-refractivity contribution in [1.29, 1.82) is 0 Å². The maximum absolute atomic E-state index is 11.9. The summed E-state index contributed by atoms with van der Waals surface area (Å²) in [4.78, 5) is 4.14. The fraction of sp³-hybridized carbons (Fsp3) is 0.545. The van der Waals surface area contributed by atoms with Crippen LogP contribution in [0.1, 0.15) is 26.5 Å². The van der Waals surface area contributed by atoms with Gasteiger partial charge in [-0.1, -0.05) is 20.8 Å². The highest BCUT2D eigenvalue weighted by Crippen LogP contribution is 2.21. The Labute approximate surface area is 111 Å². The van der Waals surface area contributed by atoms with E-state index < -0.39 is 10.0 Å². The summed E-state index contributed by atoms with van der Waals surface area (Å²) in [7, 11) is -3.33. The van der Waals surface area contributed by atoms with E-state index in [1.807, 2.05) is 20.8 Å². The lowest BCUT2D eigenvalue weighted by Gasteiger charge is -2.19. The molecule has 0 aliphatic carbocycles. The van der Waals surface area contributed by atoms with Crippen LogP contribution in [0.25, 0.3) is 0 Å². The van der Waals surface area contributed by atoms with Crippen molar-refractivity contribution >= 4 is 31.6 Å². The molecular weight excluding hydrogens is 304 g/mol. The highest BCUT2D eigenvalue weighted by Gasteiger charge is 2.22. The van der Waals surface area contributed by atoms with E-state index in [0.29, 0.717) is 16.0 Å². The molecule has 1 heterocycles. The second-order valence-electron chi connectivity index (χ2n) is 5.19. The number of nitrogens with zero attached hydrogens (tertiary/aromatic N) is 1. The van der Waals surface area contributed by atoms with Gasteiger partial charge in [0.1, 0.15) is 4.60 Å². The minimum absolute atomic E-state index is 0.0789. The first kappa shape index (κ1) is 14.4. The monoisotopic (exact) mass is 320 g/mol. The molecule has 1 rings (SSSR count). The zero-order valence-corrected chi connectivity index (χ0v) is 12.8. The molecule has 0 spiro atoms. The summed E-state index contributed by atoms with van der Waals surface area (Å²) in [5.74, 6) is 0.0789. The van der Waals surface area contributed by atoms with Crippen molar-refractivity contribution in [2.75, 3.05) is 10.5 Å². The Kier molecular flexibility index (Phi) is 4.19. The van der Waals surface area contributed by atoms with Gasteiger partial charge in [-0.25, -0.2) is 13.4 Å². The predicted octanol–water partition coefficient (Wildman–Crippen LogP) is 2.94. The molecule has 6 heteroatoms. The lowest BCUT2D eigenvalue weighted by molar-refractivity contribution is 0.463. The van der Waals surface area contributed by atoms with Crippen LogP contribution >= 0.6 is 15.9 Å². The fourth-order valence-electron chi connectivity index (χ4n) is 1.41. The second-order valence-corrected chi connectivity index (χ2v) is 7.72. The molecule has 17 heavy (non-hydrogen) atoms. The zero-order valence-electron chi connectivity index (χ0n) is 10.4. The number of rotatable bonds is 3. The maximum Gasteiger partial charge on any atom is 0.233 e. The number of anilines is 1. The van der Waals surface area contributed by atoms with Gasteiger partial charge < -0.3 is 0 Å². The molecule has 0 amide bonds. The van der Waals surface area contributed by atoms with Gasteiger partial charge in [-0.2, -0.15) is 0 Å². The first-order chi connectivity index (χ1) is 7.59. The number of halogens is 1. The van der Waals surface area contributed by atoms with E-state index in [4.69, 9.17) is 0 Å². The quantitative estimate of drug-likeness (QED) is 0.871. The van der Waals surface area contributed by atoms with Gasteiger partial charge in [-0.05, 0) is 40.4 Å². The smallest absolute Gasteiger partial charge is 0.233 e. The SMILES string of the molecule is Cc1nc(Br)ccc1NS(=O)(=O)CC(C)(C)C.